The lowest BCUT2D eigenvalue weighted by molar-refractivity contribution is -0.142. The number of hydrogen-bond acceptors (Lipinski definition) is 6. The summed E-state index contributed by atoms with van der Waals surface area (Å²) in [5.74, 6) is -0.192. The first-order chi connectivity index (χ1) is 11.5. The molecule has 2 aromatic rings. The van der Waals surface area contributed by atoms with Crippen molar-refractivity contribution in [3.8, 4) is 5.75 Å². The molecule has 24 heavy (non-hydrogen) atoms. The van der Waals surface area contributed by atoms with Crippen molar-refractivity contribution in [1.29, 1.82) is 0 Å². The molecule has 6 nitrogen and oxygen atoms in total. The molecule has 1 aromatic carbocycles. The molecule has 1 N–H and O–H groups in total. The number of nitrogens with zero attached hydrogens (tertiary/aromatic N) is 1. The molecule has 0 aliphatic heterocycles. The molecule has 0 aliphatic rings. The summed E-state index contributed by atoms with van der Waals surface area (Å²) in [6, 6.07) is 5.01. The van der Waals surface area contributed by atoms with Crippen molar-refractivity contribution in [3.05, 3.63) is 38.8 Å². The van der Waals surface area contributed by atoms with E-state index in [-0.39, 0.29) is 24.9 Å². The molecule has 0 unspecified atom stereocenters. The number of nitrogens with one attached hydrogen (secondary N) is 1. The first-order valence-electron chi connectivity index (χ1n) is 6.95. The summed E-state index contributed by atoms with van der Waals surface area (Å²) in [4.78, 5) is 27.4. The Morgan fingerprint density at radius 2 is 2.21 bits per heavy atom. The molecule has 0 saturated heterocycles. The predicted molar refractivity (Wildman–Crippen MR) is 95.7 cm³/mol. The number of carbonyl (C=O) groups is 2. The second kappa shape index (κ2) is 9.00. The molecule has 1 amide bonds. The fraction of sp³-hybridized carbons (Fsp3) is 0.267. The van der Waals surface area contributed by atoms with Crippen LogP contribution in [0.2, 0.25) is 5.02 Å². The van der Waals surface area contributed by atoms with Crippen molar-refractivity contribution < 1.29 is 19.1 Å². The smallest absolute Gasteiger partial charge is 0.311 e. The number of hydrogen-bond donors (Lipinski definition) is 1. The standard InChI is InChI=1S/C15H14BrClN2O4S/c1-2-22-14(21)6-10-8-24-15(18-10)19-13(20)7-23-12-4-3-9(17)5-11(12)16/h3-5,8H,2,6-7H2,1H3,(H,18,19,20). The van der Waals surface area contributed by atoms with Crippen molar-refractivity contribution in [2.45, 2.75) is 13.3 Å². The van der Waals surface area contributed by atoms with E-state index in [0.717, 1.165) is 0 Å². The first-order valence-corrected chi connectivity index (χ1v) is 9.00. The number of esters is 1. The van der Waals surface area contributed by atoms with Crippen LogP contribution in [0.5, 0.6) is 5.75 Å². The van der Waals surface area contributed by atoms with Crippen LogP contribution in [0.3, 0.4) is 0 Å². The Morgan fingerprint density at radius 1 is 1.42 bits per heavy atom. The molecule has 0 aliphatic carbocycles. The topological polar surface area (TPSA) is 77.5 Å². The lowest BCUT2D eigenvalue weighted by Gasteiger charge is -2.07. The molecule has 0 bridgehead atoms. The van der Waals surface area contributed by atoms with Gasteiger partial charge in [0, 0.05) is 10.4 Å². The van der Waals surface area contributed by atoms with Gasteiger partial charge in [-0.25, -0.2) is 4.98 Å². The summed E-state index contributed by atoms with van der Waals surface area (Å²) in [7, 11) is 0. The highest BCUT2D eigenvalue weighted by molar-refractivity contribution is 9.10. The number of aromatic nitrogens is 1. The third-order valence-electron chi connectivity index (χ3n) is 2.68. The van der Waals surface area contributed by atoms with E-state index in [1.165, 1.54) is 11.3 Å². The van der Waals surface area contributed by atoms with E-state index < -0.39 is 0 Å². The van der Waals surface area contributed by atoms with Gasteiger partial charge in [0.1, 0.15) is 5.75 Å². The number of amides is 1. The third kappa shape index (κ3) is 5.77. The van der Waals surface area contributed by atoms with Gasteiger partial charge in [-0.15, -0.1) is 11.3 Å². The lowest BCUT2D eigenvalue weighted by atomic mass is 10.3. The average molecular weight is 434 g/mol. The fourth-order valence-electron chi connectivity index (χ4n) is 1.70. The van der Waals surface area contributed by atoms with Crippen molar-refractivity contribution in [2.75, 3.05) is 18.5 Å². The molecule has 0 atom stereocenters. The van der Waals surface area contributed by atoms with Gasteiger partial charge >= 0.3 is 5.97 Å². The summed E-state index contributed by atoms with van der Waals surface area (Å²) in [6.45, 7) is 1.89. The molecule has 0 radical (unpaired) electrons. The van der Waals surface area contributed by atoms with E-state index in [1.54, 1.807) is 30.5 Å². The molecule has 0 saturated carbocycles. The van der Waals surface area contributed by atoms with E-state index in [1.807, 2.05) is 0 Å². The first kappa shape index (κ1) is 18.7. The van der Waals surface area contributed by atoms with E-state index >= 15 is 0 Å². The van der Waals surface area contributed by atoms with Gasteiger partial charge in [-0.2, -0.15) is 0 Å². The number of ether oxygens (including phenoxy) is 2. The second-order valence-corrected chi connectivity index (χ2v) is 6.69. The van der Waals surface area contributed by atoms with Gasteiger partial charge in [-0.1, -0.05) is 11.6 Å². The van der Waals surface area contributed by atoms with Crippen LogP contribution in [0, 0.1) is 0 Å². The van der Waals surface area contributed by atoms with E-state index in [4.69, 9.17) is 21.1 Å². The molecular formula is C15H14BrClN2O4S. The maximum absolute atomic E-state index is 11.9. The predicted octanol–water partition coefficient (Wildman–Crippen LogP) is 3.68. The zero-order chi connectivity index (χ0) is 17.5. The van der Waals surface area contributed by atoms with Crippen LogP contribution in [-0.2, 0) is 20.7 Å². The summed E-state index contributed by atoms with van der Waals surface area (Å²) in [6.07, 6.45) is 0.0778. The molecule has 0 fully saturated rings. The van der Waals surface area contributed by atoms with Crippen molar-refractivity contribution >= 4 is 55.9 Å². The maximum Gasteiger partial charge on any atom is 0.311 e. The summed E-state index contributed by atoms with van der Waals surface area (Å²) < 4.78 is 10.9. The van der Waals surface area contributed by atoms with Crippen LogP contribution in [0.25, 0.3) is 0 Å². The Labute approximate surface area is 156 Å². The Hall–Kier alpha value is -1.64. The Morgan fingerprint density at radius 3 is 2.92 bits per heavy atom. The Bertz CT molecular complexity index is 738. The molecular weight excluding hydrogens is 420 g/mol. The minimum absolute atomic E-state index is 0.0778. The normalized spacial score (nSPS) is 10.3. The zero-order valence-electron chi connectivity index (χ0n) is 12.7. The van der Waals surface area contributed by atoms with E-state index in [2.05, 4.69) is 26.2 Å². The third-order valence-corrected chi connectivity index (χ3v) is 4.34. The number of thiazole rings is 1. The molecule has 2 rings (SSSR count). The van der Waals surface area contributed by atoms with Gasteiger partial charge in [0.2, 0.25) is 0 Å². The minimum atomic E-state index is -0.353. The van der Waals surface area contributed by atoms with Crippen LogP contribution < -0.4 is 10.1 Å². The van der Waals surface area contributed by atoms with Crippen LogP contribution in [-0.4, -0.2) is 30.1 Å². The van der Waals surface area contributed by atoms with Crippen molar-refractivity contribution in [1.82, 2.24) is 4.98 Å². The second-order valence-electron chi connectivity index (χ2n) is 4.54. The number of halogens is 2. The van der Waals surface area contributed by atoms with Gasteiger partial charge in [0.05, 0.1) is 23.2 Å². The maximum atomic E-state index is 11.9. The number of anilines is 1. The van der Waals surface area contributed by atoms with Crippen LogP contribution in [0.15, 0.2) is 28.1 Å². The van der Waals surface area contributed by atoms with Gasteiger partial charge in [-0.05, 0) is 41.1 Å². The van der Waals surface area contributed by atoms with Crippen LogP contribution in [0.4, 0.5) is 5.13 Å². The molecule has 0 spiro atoms. The zero-order valence-corrected chi connectivity index (χ0v) is 15.8. The van der Waals surface area contributed by atoms with Crippen LogP contribution >= 0.6 is 38.9 Å². The summed E-state index contributed by atoms with van der Waals surface area (Å²) >= 11 is 10.4. The Kier molecular flexibility index (Phi) is 7.01. The lowest BCUT2D eigenvalue weighted by Crippen LogP contribution is -2.20. The molecule has 9 heteroatoms. The number of rotatable bonds is 7. The van der Waals surface area contributed by atoms with Gasteiger partial charge in [0.15, 0.2) is 11.7 Å². The summed E-state index contributed by atoms with van der Waals surface area (Å²) in [5.41, 5.74) is 0.551. The molecule has 1 heterocycles. The molecule has 1 aromatic heterocycles. The van der Waals surface area contributed by atoms with Gasteiger partial charge < -0.3 is 9.47 Å². The van der Waals surface area contributed by atoms with Crippen LogP contribution in [0.1, 0.15) is 12.6 Å². The highest BCUT2D eigenvalue weighted by atomic mass is 79.9. The largest absolute Gasteiger partial charge is 0.483 e. The van der Waals surface area contributed by atoms with Crippen molar-refractivity contribution in [2.24, 2.45) is 0 Å². The minimum Gasteiger partial charge on any atom is -0.483 e. The Balaban J connectivity index is 1.84. The SMILES string of the molecule is CCOC(=O)Cc1csc(NC(=O)COc2ccc(Cl)cc2Br)n1. The monoisotopic (exact) mass is 432 g/mol. The number of carbonyl (C=O) groups excluding carboxylic acids is 2. The highest BCUT2D eigenvalue weighted by Crippen LogP contribution is 2.28. The van der Waals surface area contributed by atoms with E-state index in [0.29, 0.717) is 32.7 Å². The quantitative estimate of drug-likeness (QED) is 0.674. The molecule has 128 valence electrons. The fourth-order valence-corrected chi connectivity index (χ4v) is 3.22. The number of benzene rings is 1. The summed E-state index contributed by atoms with van der Waals surface area (Å²) in [5, 5.41) is 5.28. The van der Waals surface area contributed by atoms with E-state index in [9.17, 15) is 9.59 Å². The van der Waals surface area contributed by atoms with Crippen molar-refractivity contribution in [3.63, 3.8) is 0 Å². The van der Waals surface area contributed by atoms with Gasteiger partial charge in [0.25, 0.3) is 5.91 Å². The van der Waals surface area contributed by atoms with Gasteiger partial charge in [-0.3, -0.25) is 14.9 Å². The highest BCUT2D eigenvalue weighted by Gasteiger charge is 2.11. The average Bonchev–Trinajstić information content (AvgIpc) is 2.93.